The molecule has 1 fully saturated rings. The van der Waals surface area contributed by atoms with Gasteiger partial charge in [0.1, 0.15) is 5.82 Å². The van der Waals surface area contributed by atoms with Gasteiger partial charge in [0.05, 0.1) is 32.8 Å². The Bertz CT molecular complexity index is 1090. The van der Waals surface area contributed by atoms with Crippen LogP contribution in [-0.4, -0.2) is 22.6 Å². The summed E-state index contributed by atoms with van der Waals surface area (Å²) >= 11 is 12.5. The summed E-state index contributed by atoms with van der Waals surface area (Å²) in [4.78, 5) is 16.0. The van der Waals surface area contributed by atoms with Crippen molar-refractivity contribution < 1.29 is 4.39 Å². The van der Waals surface area contributed by atoms with Gasteiger partial charge in [-0.1, -0.05) is 23.2 Å². The van der Waals surface area contributed by atoms with Crippen LogP contribution in [0.4, 0.5) is 10.1 Å². The van der Waals surface area contributed by atoms with E-state index in [1.54, 1.807) is 7.05 Å². The van der Waals surface area contributed by atoms with Crippen LogP contribution in [0.2, 0.25) is 10.0 Å². The van der Waals surface area contributed by atoms with Crippen LogP contribution in [0.25, 0.3) is 11.0 Å². The number of aryl methyl sites for hydroxylation is 1. The Hall–Kier alpha value is -2.15. The Labute approximate surface area is 165 Å². The number of rotatable bonds is 3. The molecule has 5 nitrogen and oxygen atoms in total. The van der Waals surface area contributed by atoms with Crippen molar-refractivity contribution in [2.24, 2.45) is 7.05 Å². The van der Waals surface area contributed by atoms with E-state index in [1.165, 1.54) is 22.9 Å². The van der Waals surface area contributed by atoms with E-state index in [4.69, 9.17) is 23.2 Å². The topological polar surface area (TPSA) is 59.0 Å². The van der Waals surface area contributed by atoms with Crippen molar-refractivity contribution in [2.75, 3.05) is 18.4 Å². The van der Waals surface area contributed by atoms with Crippen molar-refractivity contribution in [3.63, 3.8) is 0 Å². The van der Waals surface area contributed by atoms with Crippen LogP contribution in [0.1, 0.15) is 12.0 Å². The Morgan fingerprint density at radius 2 is 2.11 bits per heavy atom. The average molecular weight is 407 g/mol. The average Bonchev–Trinajstić information content (AvgIpc) is 3.11. The first kappa shape index (κ1) is 18.2. The predicted molar refractivity (Wildman–Crippen MR) is 106 cm³/mol. The first-order valence-corrected chi connectivity index (χ1v) is 9.25. The van der Waals surface area contributed by atoms with Crippen LogP contribution in [0, 0.1) is 5.82 Å². The van der Waals surface area contributed by atoms with Gasteiger partial charge in [0.25, 0.3) is 5.56 Å². The molecule has 8 heteroatoms. The predicted octanol–water partition coefficient (Wildman–Crippen LogP) is 3.68. The van der Waals surface area contributed by atoms with Crippen molar-refractivity contribution in [1.82, 2.24) is 14.9 Å². The summed E-state index contributed by atoms with van der Waals surface area (Å²) in [7, 11) is 1.69. The highest BCUT2D eigenvalue weighted by atomic mass is 35.5. The number of aromatic nitrogens is 2. The van der Waals surface area contributed by atoms with Gasteiger partial charge in [-0.3, -0.25) is 4.79 Å². The highest BCUT2D eigenvalue weighted by molar-refractivity contribution is 6.42. The van der Waals surface area contributed by atoms with Crippen molar-refractivity contribution in [3.05, 3.63) is 68.3 Å². The molecule has 0 spiro atoms. The zero-order valence-corrected chi connectivity index (χ0v) is 16.0. The lowest BCUT2D eigenvalue weighted by molar-refractivity contribution is 0.496. The molecule has 0 bridgehead atoms. The van der Waals surface area contributed by atoms with E-state index in [0.717, 1.165) is 5.69 Å². The number of nitrogens with one attached hydrogen (secondary N) is 2. The van der Waals surface area contributed by atoms with Crippen LogP contribution in [0.15, 0.2) is 41.3 Å². The number of fused-ring (bicyclic) bond motifs is 1. The normalized spacial score (nSPS) is 19.6. The second-order valence-electron chi connectivity index (χ2n) is 6.71. The van der Waals surface area contributed by atoms with Crippen LogP contribution in [0.3, 0.4) is 0 Å². The zero-order valence-electron chi connectivity index (χ0n) is 14.5. The monoisotopic (exact) mass is 406 g/mol. The summed E-state index contributed by atoms with van der Waals surface area (Å²) in [5, 5.41) is 7.22. The molecule has 4 rings (SSSR count). The fourth-order valence-electron chi connectivity index (χ4n) is 3.63. The first-order chi connectivity index (χ1) is 12.9. The van der Waals surface area contributed by atoms with Crippen molar-refractivity contribution in [3.8, 4) is 0 Å². The third-order valence-electron chi connectivity index (χ3n) is 5.04. The summed E-state index contributed by atoms with van der Waals surface area (Å²) in [6.07, 6.45) is 1.92. The van der Waals surface area contributed by atoms with Gasteiger partial charge in [0, 0.05) is 24.8 Å². The molecule has 3 aromatic rings. The van der Waals surface area contributed by atoms with Gasteiger partial charge in [0.15, 0.2) is 0 Å². The molecule has 1 saturated heterocycles. The molecule has 0 unspecified atom stereocenters. The second-order valence-corrected chi connectivity index (χ2v) is 7.50. The number of hydrogen-bond donors (Lipinski definition) is 2. The maximum Gasteiger partial charge on any atom is 0.269 e. The van der Waals surface area contributed by atoms with Gasteiger partial charge >= 0.3 is 0 Å². The quantitative estimate of drug-likeness (QED) is 0.651. The van der Waals surface area contributed by atoms with E-state index >= 15 is 0 Å². The molecule has 27 heavy (non-hydrogen) atoms. The Kier molecular flexibility index (Phi) is 4.58. The molecule has 0 radical (unpaired) electrons. The minimum absolute atomic E-state index is 0.194. The van der Waals surface area contributed by atoms with Crippen molar-refractivity contribution in [1.29, 1.82) is 0 Å². The van der Waals surface area contributed by atoms with E-state index in [2.05, 4.69) is 15.6 Å². The first-order valence-electron chi connectivity index (χ1n) is 8.50. The SMILES string of the molecule is Cn1c(=O)cnc2ccc(N[C@@]3(c4c(F)ccc(Cl)c4Cl)CCNC3)cc21. The maximum absolute atomic E-state index is 14.7. The van der Waals surface area contributed by atoms with E-state index in [-0.39, 0.29) is 10.6 Å². The highest BCUT2D eigenvalue weighted by Crippen LogP contribution is 2.41. The Morgan fingerprint density at radius 1 is 1.30 bits per heavy atom. The molecule has 0 aliphatic carbocycles. The van der Waals surface area contributed by atoms with E-state index in [0.29, 0.717) is 41.1 Å². The fraction of sp³-hybridized carbons (Fsp3) is 0.263. The number of hydrogen-bond acceptors (Lipinski definition) is 4. The van der Waals surface area contributed by atoms with E-state index < -0.39 is 11.4 Å². The molecule has 1 aliphatic rings. The van der Waals surface area contributed by atoms with Crippen molar-refractivity contribution >= 4 is 39.9 Å². The molecule has 0 saturated carbocycles. The van der Waals surface area contributed by atoms with Crippen molar-refractivity contribution in [2.45, 2.75) is 12.0 Å². The van der Waals surface area contributed by atoms with E-state index in [9.17, 15) is 9.18 Å². The number of halogens is 3. The summed E-state index contributed by atoms with van der Waals surface area (Å²) in [5.41, 5.74) is 1.53. The molecular weight excluding hydrogens is 390 g/mol. The van der Waals surface area contributed by atoms with Gasteiger partial charge in [-0.25, -0.2) is 9.37 Å². The summed E-state index contributed by atoms with van der Waals surface area (Å²) in [6, 6.07) is 8.30. The molecule has 2 heterocycles. The molecule has 1 atom stereocenters. The lowest BCUT2D eigenvalue weighted by Crippen LogP contribution is -2.39. The van der Waals surface area contributed by atoms with Crippen LogP contribution < -0.4 is 16.2 Å². The smallest absolute Gasteiger partial charge is 0.269 e. The van der Waals surface area contributed by atoms with Crippen LogP contribution in [0.5, 0.6) is 0 Å². The van der Waals surface area contributed by atoms with Gasteiger partial charge in [-0.05, 0) is 43.3 Å². The molecule has 140 valence electrons. The molecule has 1 aromatic heterocycles. The maximum atomic E-state index is 14.7. The van der Waals surface area contributed by atoms with Gasteiger partial charge in [-0.2, -0.15) is 0 Å². The highest BCUT2D eigenvalue weighted by Gasteiger charge is 2.40. The molecule has 1 aliphatic heterocycles. The summed E-state index contributed by atoms with van der Waals surface area (Å²) < 4.78 is 16.3. The third-order valence-corrected chi connectivity index (χ3v) is 5.85. The lowest BCUT2D eigenvalue weighted by Gasteiger charge is -2.33. The zero-order chi connectivity index (χ0) is 19.2. The molecule has 2 N–H and O–H groups in total. The molecule has 0 amide bonds. The second kappa shape index (κ2) is 6.78. The number of anilines is 1. The Balaban J connectivity index is 1.84. The summed E-state index contributed by atoms with van der Waals surface area (Å²) in [6.45, 7) is 1.21. The van der Waals surface area contributed by atoms with Crippen LogP contribution in [-0.2, 0) is 12.6 Å². The minimum atomic E-state index is -0.749. The standard InChI is InChI=1S/C19H17Cl2FN4O/c1-26-15-8-11(2-5-14(15)24-9-16(26)27)25-19(6-7-23-10-19)17-13(22)4-3-12(20)18(17)21/h2-5,8-9,23,25H,6-7,10H2,1H3/t19-/m0/s1. The largest absolute Gasteiger partial charge is 0.374 e. The minimum Gasteiger partial charge on any atom is -0.374 e. The Morgan fingerprint density at radius 3 is 2.85 bits per heavy atom. The lowest BCUT2D eigenvalue weighted by atomic mass is 9.88. The van der Waals surface area contributed by atoms with Gasteiger partial charge < -0.3 is 15.2 Å². The van der Waals surface area contributed by atoms with Crippen LogP contribution >= 0.6 is 23.2 Å². The van der Waals surface area contributed by atoms with E-state index in [1.807, 2.05) is 18.2 Å². The molecular formula is C19H17Cl2FN4O. The summed E-state index contributed by atoms with van der Waals surface area (Å²) in [5.74, 6) is -0.407. The fourth-order valence-corrected chi connectivity index (χ4v) is 4.12. The van der Waals surface area contributed by atoms with Gasteiger partial charge in [0.2, 0.25) is 0 Å². The third kappa shape index (κ3) is 3.08. The van der Waals surface area contributed by atoms with Gasteiger partial charge in [-0.15, -0.1) is 0 Å². The number of nitrogens with zero attached hydrogens (tertiary/aromatic N) is 2. The number of benzene rings is 2. The molecule has 2 aromatic carbocycles.